The molecule has 242 valence electrons. The lowest BCUT2D eigenvalue weighted by molar-refractivity contribution is -0.135. The van der Waals surface area contributed by atoms with Gasteiger partial charge in [-0.05, 0) is 54.7 Å². The summed E-state index contributed by atoms with van der Waals surface area (Å²) in [5, 5.41) is 0. The maximum absolute atomic E-state index is 12.5. The molecular weight excluding hydrogens is 552 g/mol. The normalized spacial score (nSPS) is 11.1. The average molecular weight is 607 g/mol. The van der Waals surface area contributed by atoms with Gasteiger partial charge in [0.15, 0.2) is 0 Å². The van der Waals surface area contributed by atoms with Crippen LogP contribution < -0.4 is 14.2 Å². The number of ether oxygens (including phenoxy) is 3. The Balaban J connectivity index is 2.03. The number of carbonyl (C=O) groups excluding carboxylic acids is 3. The van der Waals surface area contributed by atoms with Crippen LogP contribution in [-0.2, 0) is 14.4 Å². The number of hydrogen-bond donors (Lipinski definition) is 0. The van der Waals surface area contributed by atoms with E-state index in [1.807, 2.05) is 24.3 Å². The van der Waals surface area contributed by atoms with Crippen LogP contribution in [0.2, 0.25) is 0 Å². The van der Waals surface area contributed by atoms with Crippen molar-refractivity contribution in [3.63, 3.8) is 0 Å². The number of benzene rings is 2. The molecule has 0 aromatic heterocycles. The Kier molecular flexibility index (Phi) is 19.3. The largest absolute Gasteiger partial charge is 0.427 e. The van der Waals surface area contributed by atoms with Gasteiger partial charge in [0.2, 0.25) is 0 Å². The molecule has 2 rings (SSSR count). The van der Waals surface area contributed by atoms with Crippen molar-refractivity contribution in [3.05, 3.63) is 53.6 Å². The van der Waals surface area contributed by atoms with Crippen LogP contribution in [0.1, 0.15) is 147 Å². The summed E-state index contributed by atoms with van der Waals surface area (Å²) in [6.45, 7) is 6.50. The van der Waals surface area contributed by atoms with Crippen LogP contribution in [0.15, 0.2) is 42.5 Å². The predicted molar refractivity (Wildman–Crippen MR) is 179 cm³/mol. The zero-order valence-electron chi connectivity index (χ0n) is 27.4. The lowest BCUT2D eigenvalue weighted by atomic mass is 10.1. The minimum absolute atomic E-state index is 0.208. The molecular formula is C38H54O6. The molecule has 0 bridgehead atoms. The third kappa shape index (κ3) is 17.0. The fraction of sp³-hybridized carbons (Fsp3) is 0.553. The molecule has 6 heteroatoms. The molecule has 0 heterocycles. The molecule has 0 fully saturated rings. The lowest BCUT2D eigenvalue weighted by Crippen LogP contribution is -2.10. The second kappa shape index (κ2) is 23.0. The summed E-state index contributed by atoms with van der Waals surface area (Å²) in [6, 6.07) is 12.5. The first-order valence-electron chi connectivity index (χ1n) is 17.0. The molecule has 6 nitrogen and oxygen atoms in total. The molecule has 0 aliphatic rings. The Morgan fingerprint density at radius 3 is 1.23 bits per heavy atom. The first-order valence-corrected chi connectivity index (χ1v) is 17.0. The van der Waals surface area contributed by atoms with E-state index in [0.717, 1.165) is 81.8 Å². The Morgan fingerprint density at radius 1 is 0.455 bits per heavy atom. The van der Waals surface area contributed by atoms with Gasteiger partial charge in [-0.3, -0.25) is 14.4 Å². The Morgan fingerprint density at radius 2 is 0.818 bits per heavy atom. The molecule has 2 aromatic carbocycles. The van der Waals surface area contributed by atoms with Crippen molar-refractivity contribution in [1.29, 1.82) is 0 Å². The van der Waals surface area contributed by atoms with E-state index >= 15 is 0 Å². The van der Waals surface area contributed by atoms with Gasteiger partial charge in [0.25, 0.3) is 0 Å². The van der Waals surface area contributed by atoms with Crippen LogP contribution in [0.25, 0.3) is 12.2 Å². The van der Waals surface area contributed by atoms with Crippen molar-refractivity contribution < 1.29 is 28.6 Å². The van der Waals surface area contributed by atoms with Crippen LogP contribution >= 0.6 is 0 Å². The van der Waals surface area contributed by atoms with Gasteiger partial charge in [-0.1, -0.05) is 122 Å². The van der Waals surface area contributed by atoms with Crippen LogP contribution in [0.5, 0.6) is 17.2 Å². The molecule has 0 aliphatic heterocycles. The number of hydrogen-bond acceptors (Lipinski definition) is 6. The molecule has 0 amide bonds. The van der Waals surface area contributed by atoms with Gasteiger partial charge in [-0.2, -0.15) is 0 Å². The minimum atomic E-state index is -0.290. The first-order chi connectivity index (χ1) is 21.4. The average Bonchev–Trinajstić information content (AvgIpc) is 3.00. The Labute approximate surface area is 265 Å². The molecule has 0 radical (unpaired) electrons. The van der Waals surface area contributed by atoms with Crippen molar-refractivity contribution in [2.75, 3.05) is 0 Å². The summed E-state index contributed by atoms with van der Waals surface area (Å²) in [5.41, 5.74) is 1.65. The molecule has 0 aliphatic carbocycles. The van der Waals surface area contributed by atoms with E-state index in [9.17, 15) is 14.4 Å². The van der Waals surface area contributed by atoms with E-state index in [1.165, 1.54) is 25.7 Å². The van der Waals surface area contributed by atoms with Gasteiger partial charge in [0, 0.05) is 25.3 Å². The molecule has 0 N–H and O–H groups in total. The van der Waals surface area contributed by atoms with E-state index in [4.69, 9.17) is 14.2 Å². The summed E-state index contributed by atoms with van der Waals surface area (Å²) in [7, 11) is 0. The summed E-state index contributed by atoms with van der Waals surface area (Å²) in [6.07, 6.45) is 20.8. The molecule has 2 aromatic rings. The quantitative estimate of drug-likeness (QED) is 0.0542. The van der Waals surface area contributed by atoms with Crippen LogP contribution in [-0.4, -0.2) is 17.9 Å². The zero-order valence-corrected chi connectivity index (χ0v) is 27.4. The van der Waals surface area contributed by atoms with Gasteiger partial charge in [-0.25, -0.2) is 0 Å². The second-order valence-corrected chi connectivity index (χ2v) is 11.6. The lowest BCUT2D eigenvalue weighted by Gasteiger charge is -2.10. The van der Waals surface area contributed by atoms with Crippen molar-refractivity contribution >= 4 is 30.1 Å². The van der Waals surface area contributed by atoms with E-state index in [2.05, 4.69) is 20.8 Å². The van der Waals surface area contributed by atoms with E-state index in [0.29, 0.717) is 36.5 Å². The van der Waals surface area contributed by atoms with E-state index in [-0.39, 0.29) is 17.9 Å². The summed E-state index contributed by atoms with van der Waals surface area (Å²) in [4.78, 5) is 37.2. The Hall–Kier alpha value is -3.41. The SMILES string of the molecule is CCCCCCCC(=O)Oc1ccc(/C=C/c2cc(OC(=O)CCCCCCC)cc(OC(=O)CCCCCCC)c2)cc1. The van der Waals surface area contributed by atoms with Crippen molar-refractivity contribution in [2.24, 2.45) is 0 Å². The number of esters is 3. The monoisotopic (exact) mass is 606 g/mol. The maximum atomic E-state index is 12.5. The highest BCUT2D eigenvalue weighted by atomic mass is 16.5. The fourth-order valence-corrected chi connectivity index (χ4v) is 4.81. The Bertz CT molecular complexity index is 1090. The fourth-order valence-electron chi connectivity index (χ4n) is 4.81. The molecule has 0 atom stereocenters. The van der Waals surface area contributed by atoms with Gasteiger partial charge >= 0.3 is 17.9 Å². The third-order valence-electron chi connectivity index (χ3n) is 7.40. The third-order valence-corrected chi connectivity index (χ3v) is 7.40. The van der Waals surface area contributed by atoms with Crippen molar-refractivity contribution in [2.45, 2.75) is 136 Å². The maximum Gasteiger partial charge on any atom is 0.311 e. The second-order valence-electron chi connectivity index (χ2n) is 11.6. The van der Waals surface area contributed by atoms with Crippen LogP contribution in [0.3, 0.4) is 0 Å². The summed E-state index contributed by atoms with van der Waals surface area (Å²) < 4.78 is 16.8. The standard InChI is InChI=1S/C38H54O6/c1-4-7-10-13-16-19-36(39)42-33-26-24-31(25-27-33)22-23-32-28-34(43-37(40)20-17-14-11-8-5-2)30-35(29-32)44-38(41)21-18-15-12-9-6-3/h22-30H,4-21H2,1-3H3/b23-22+. The van der Waals surface area contributed by atoms with E-state index < -0.39 is 0 Å². The topological polar surface area (TPSA) is 78.9 Å². The van der Waals surface area contributed by atoms with Gasteiger partial charge in [0.05, 0.1) is 0 Å². The molecule has 0 saturated heterocycles. The summed E-state index contributed by atoms with van der Waals surface area (Å²) >= 11 is 0. The van der Waals surface area contributed by atoms with Gasteiger partial charge in [0.1, 0.15) is 17.2 Å². The van der Waals surface area contributed by atoms with Crippen molar-refractivity contribution in [3.8, 4) is 17.2 Å². The van der Waals surface area contributed by atoms with Crippen molar-refractivity contribution in [1.82, 2.24) is 0 Å². The smallest absolute Gasteiger partial charge is 0.311 e. The molecule has 44 heavy (non-hydrogen) atoms. The number of rotatable bonds is 23. The highest BCUT2D eigenvalue weighted by Crippen LogP contribution is 2.26. The number of unbranched alkanes of at least 4 members (excludes halogenated alkanes) is 12. The zero-order chi connectivity index (χ0) is 31.8. The van der Waals surface area contributed by atoms with Gasteiger partial charge in [-0.15, -0.1) is 0 Å². The van der Waals surface area contributed by atoms with Crippen LogP contribution in [0.4, 0.5) is 0 Å². The molecule has 0 spiro atoms. The highest BCUT2D eigenvalue weighted by molar-refractivity contribution is 5.77. The minimum Gasteiger partial charge on any atom is -0.427 e. The van der Waals surface area contributed by atoms with E-state index in [1.54, 1.807) is 30.3 Å². The van der Waals surface area contributed by atoms with Crippen LogP contribution in [0, 0.1) is 0 Å². The van der Waals surface area contributed by atoms with Gasteiger partial charge < -0.3 is 14.2 Å². The molecule has 0 unspecified atom stereocenters. The molecule has 0 saturated carbocycles. The highest BCUT2D eigenvalue weighted by Gasteiger charge is 2.11. The number of carbonyl (C=O) groups is 3. The summed E-state index contributed by atoms with van der Waals surface area (Å²) in [5.74, 6) is 0.444. The predicted octanol–water partition coefficient (Wildman–Crippen LogP) is 10.7. The first kappa shape index (κ1) is 36.8.